The van der Waals surface area contributed by atoms with Crippen molar-refractivity contribution in [1.82, 2.24) is 19.9 Å². The van der Waals surface area contributed by atoms with Crippen molar-refractivity contribution in [1.29, 1.82) is 0 Å². The summed E-state index contributed by atoms with van der Waals surface area (Å²) in [7, 11) is 1.65. The van der Waals surface area contributed by atoms with Crippen molar-refractivity contribution < 1.29 is 13.9 Å². The summed E-state index contributed by atoms with van der Waals surface area (Å²) >= 11 is 1.55. The second-order valence-electron chi connectivity index (χ2n) is 8.08. The van der Waals surface area contributed by atoms with E-state index in [0.717, 1.165) is 58.6 Å². The van der Waals surface area contributed by atoms with Gasteiger partial charge < -0.3 is 15.0 Å². The number of ether oxygens (including phenoxy) is 1. The van der Waals surface area contributed by atoms with E-state index in [1.54, 1.807) is 24.5 Å². The number of methoxy groups -OCH3 is 1. The Balaban J connectivity index is 1.17. The van der Waals surface area contributed by atoms with Gasteiger partial charge in [-0.1, -0.05) is 23.5 Å². The Morgan fingerprint density at radius 1 is 1.21 bits per heavy atom. The van der Waals surface area contributed by atoms with Crippen molar-refractivity contribution in [3.8, 4) is 17.0 Å². The van der Waals surface area contributed by atoms with Crippen LogP contribution in [0.15, 0.2) is 54.7 Å². The molecule has 1 fully saturated rings. The fourth-order valence-corrected chi connectivity index (χ4v) is 4.97. The van der Waals surface area contributed by atoms with E-state index in [0.29, 0.717) is 6.54 Å². The van der Waals surface area contributed by atoms with Crippen LogP contribution in [0, 0.1) is 11.7 Å². The molecule has 0 spiro atoms. The number of imidazole rings is 1. The number of fused-ring (bicyclic) bond motifs is 1. The van der Waals surface area contributed by atoms with Gasteiger partial charge in [-0.2, -0.15) is 0 Å². The standard InChI is InChI=1S/C24H24FN5O2S/c1-32-20-7-5-17(6-8-20)21-15-30-23(27-21)33-24(28-30)29-11-9-18(10-12-29)22(31)26-14-16-3-2-4-19(25)13-16/h2-8,13,15,18H,9-12,14H2,1H3,(H,26,31). The number of piperidine rings is 1. The molecule has 2 aromatic carbocycles. The second kappa shape index (κ2) is 9.19. The monoisotopic (exact) mass is 465 g/mol. The minimum absolute atomic E-state index is 0.0250. The van der Waals surface area contributed by atoms with Gasteiger partial charge in [-0.25, -0.2) is 13.9 Å². The van der Waals surface area contributed by atoms with Gasteiger partial charge in [0.15, 0.2) is 0 Å². The summed E-state index contributed by atoms with van der Waals surface area (Å²) in [5.74, 6) is 0.504. The van der Waals surface area contributed by atoms with Gasteiger partial charge in [-0.3, -0.25) is 4.79 Å². The highest BCUT2D eigenvalue weighted by Gasteiger charge is 2.26. The first-order valence-electron chi connectivity index (χ1n) is 10.9. The lowest BCUT2D eigenvalue weighted by molar-refractivity contribution is -0.125. The molecule has 0 atom stereocenters. The number of nitrogens with zero attached hydrogens (tertiary/aromatic N) is 4. The number of aromatic nitrogens is 3. The smallest absolute Gasteiger partial charge is 0.223 e. The van der Waals surface area contributed by atoms with E-state index in [-0.39, 0.29) is 17.6 Å². The molecule has 5 rings (SSSR count). The van der Waals surface area contributed by atoms with Crippen molar-refractivity contribution in [2.45, 2.75) is 19.4 Å². The van der Waals surface area contributed by atoms with Crippen LogP contribution in [0.5, 0.6) is 5.75 Å². The highest BCUT2D eigenvalue weighted by atomic mass is 32.1. The maximum absolute atomic E-state index is 13.3. The molecule has 1 amide bonds. The van der Waals surface area contributed by atoms with Gasteiger partial charge in [-0.15, -0.1) is 5.10 Å². The molecule has 4 aromatic rings. The molecule has 33 heavy (non-hydrogen) atoms. The van der Waals surface area contributed by atoms with Gasteiger partial charge in [0.05, 0.1) is 19.0 Å². The van der Waals surface area contributed by atoms with E-state index in [4.69, 9.17) is 14.8 Å². The number of carbonyl (C=O) groups excluding carboxylic acids is 1. The molecule has 3 heterocycles. The summed E-state index contributed by atoms with van der Waals surface area (Å²) in [6.07, 6.45) is 3.45. The quantitative estimate of drug-likeness (QED) is 0.464. The lowest BCUT2D eigenvalue weighted by Gasteiger charge is -2.30. The van der Waals surface area contributed by atoms with Crippen LogP contribution in [0.1, 0.15) is 18.4 Å². The number of halogens is 1. The van der Waals surface area contributed by atoms with E-state index >= 15 is 0 Å². The van der Waals surface area contributed by atoms with Crippen molar-refractivity contribution in [3.63, 3.8) is 0 Å². The lowest BCUT2D eigenvalue weighted by Crippen LogP contribution is -2.40. The molecule has 1 aliphatic heterocycles. The predicted molar refractivity (Wildman–Crippen MR) is 126 cm³/mol. The average molecular weight is 466 g/mol. The summed E-state index contributed by atoms with van der Waals surface area (Å²) < 4.78 is 20.3. The molecular formula is C24H24FN5O2S. The molecule has 1 N–H and O–H groups in total. The van der Waals surface area contributed by atoms with Gasteiger partial charge in [0.25, 0.3) is 0 Å². The average Bonchev–Trinajstić information content (AvgIpc) is 3.42. The number of amides is 1. The Morgan fingerprint density at radius 3 is 2.70 bits per heavy atom. The van der Waals surface area contributed by atoms with Crippen LogP contribution in [-0.2, 0) is 11.3 Å². The Morgan fingerprint density at radius 2 is 2.00 bits per heavy atom. The van der Waals surface area contributed by atoms with E-state index in [9.17, 15) is 9.18 Å². The third-order valence-electron chi connectivity index (χ3n) is 5.91. The van der Waals surface area contributed by atoms with Crippen LogP contribution in [0.2, 0.25) is 0 Å². The summed E-state index contributed by atoms with van der Waals surface area (Å²) in [4.78, 5) is 20.3. The molecule has 0 saturated carbocycles. The van der Waals surface area contributed by atoms with Gasteiger partial charge in [0.1, 0.15) is 11.6 Å². The molecule has 1 saturated heterocycles. The molecule has 0 unspecified atom stereocenters. The number of hydrogen-bond donors (Lipinski definition) is 1. The molecular weight excluding hydrogens is 441 g/mol. The summed E-state index contributed by atoms with van der Waals surface area (Å²) in [5, 5.41) is 8.56. The van der Waals surface area contributed by atoms with Crippen LogP contribution in [0.3, 0.4) is 0 Å². The Kier molecular flexibility index (Phi) is 5.95. The second-order valence-corrected chi connectivity index (χ2v) is 9.01. The van der Waals surface area contributed by atoms with Gasteiger partial charge in [0.2, 0.25) is 16.0 Å². The Hall–Kier alpha value is -3.46. The van der Waals surface area contributed by atoms with Crippen molar-refractivity contribution in [3.05, 3.63) is 66.1 Å². The van der Waals surface area contributed by atoms with Gasteiger partial charge in [0, 0.05) is 31.1 Å². The first-order valence-corrected chi connectivity index (χ1v) is 11.7. The normalized spacial score (nSPS) is 14.5. The number of anilines is 1. The molecule has 170 valence electrons. The van der Waals surface area contributed by atoms with Crippen LogP contribution in [0.4, 0.5) is 9.52 Å². The maximum atomic E-state index is 13.3. The predicted octanol–water partition coefficient (Wildman–Crippen LogP) is 4.14. The van der Waals surface area contributed by atoms with Crippen LogP contribution in [-0.4, -0.2) is 40.7 Å². The highest BCUT2D eigenvalue weighted by Crippen LogP contribution is 2.30. The van der Waals surface area contributed by atoms with E-state index in [1.807, 2.05) is 41.0 Å². The van der Waals surface area contributed by atoms with Crippen LogP contribution in [0.25, 0.3) is 16.2 Å². The zero-order valence-electron chi connectivity index (χ0n) is 18.2. The molecule has 7 nitrogen and oxygen atoms in total. The molecule has 9 heteroatoms. The Labute approximate surface area is 194 Å². The number of hydrogen-bond acceptors (Lipinski definition) is 6. The topological polar surface area (TPSA) is 71.8 Å². The van der Waals surface area contributed by atoms with E-state index in [1.165, 1.54) is 12.1 Å². The molecule has 0 aliphatic carbocycles. The molecule has 1 aliphatic rings. The maximum Gasteiger partial charge on any atom is 0.223 e. The largest absolute Gasteiger partial charge is 0.497 e. The summed E-state index contributed by atoms with van der Waals surface area (Å²) in [6, 6.07) is 14.1. The van der Waals surface area contributed by atoms with Gasteiger partial charge >= 0.3 is 0 Å². The van der Waals surface area contributed by atoms with Crippen LogP contribution < -0.4 is 15.0 Å². The van der Waals surface area contributed by atoms with Crippen LogP contribution >= 0.6 is 11.3 Å². The highest BCUT2D eigenvalue weighted by molar-refractivity contribution is 7.20. The van der Waals surface area contributed by atoms with E-state index < -0.39 is 0 Å². The fourth-order valence-electron chi connectivity index (χ4n) is 4.03. The minimum atomic E-state index is -0.291. The third kappa shape index (κ3) is 4.68. The van der Waals surface area contributed by atoms with Crippen molar-refractivity contribution in [2.24, 2.45) is 5.92 Å². The lowest BCUT2D eigenvalue weighted by atomic mass is 9.96. The zero-order valence-corrected chi connectivity index (χ0v) is 19.0. The fraction of sp³-hybridized carbons (Fsp3) is 0.292. The first kappa shape index (κ1) is 21.4. The van der Waals surface area contributed by atoms with Crippen molar-refractivity contribution >= 4 is 27.3 Å². The number of rotatable bonds is 6. The minimum Gasteiger partial charge on any atom is -0.497 e. The number of nitrogens with one attached hydrogen (secondary N) is 1. The first-order chi connectivity index (χ1) is 16.1. The SMILES string of the molecule is COc1ccc(-c2cn3nc(N4CCC(C(=O)NCc5cccc(F)c5)CC4)sc3n2)cc1. The Bertz CT molecular complexity index is 1230. The summed E-state index contributed by atoms with van der Waals surface area (Å²) in [5.41, 5.74) is 2.65. The number of benzene rings is 2. The molecule has 0 radical (unpaired) electrons. The van der Waals surface area contributed by atoms with Gasteiger partial charge in [-0.05, 0) is 54.8 Å². The van der Waals surface area contributed by atoms with Crippen molar-refractivity contribution in [2.75, 3.05) is 25.1 Å². The summed E-state index contributed by atoms with van der Waals surface area (Å²) in [6.45, 7) is 1.87. The number of carbonyl (C=O) groups is 1. The molecule has 0 bridgehead atoms. The molecule has 2 aromatic heterocycles. The zero-order chi connectivity index (χ0) is 22.8. The van der Waals surface area contributed by atoms with E-state index in [2.05, 4.69) is 10.2 Å². The third-order valence-corrected chi connectivity index (χ3v) is 6.89.